The van der Waals surface area contributed by atoms with Crippen LogP contribution in [0.15, 0.2) is 6.33 Å². The smallest absolute Gasteiger partial charge is 0.143 e. The summed E-state index contributed by atoms with van der Waals surface area (Å²) in [5.74, 6) is 1.04. The lowest BCUT2D eigenvalue weighted by Gasteiger charge is -2.33. The predicted molar refractivity (Wildman–Crippen MR) is 89.3 cm³/mol. The highest BCUT2D eigenvalue weighted by atomic mass is 15.1. The van der Waals surface area contributed by atoms with Crippen LogP contribution in [0.3, 0.4) is 0 Å². The summed E-state index contributed by atoms with van der Waals surface area (Å²) in [6.45, 7) is 0. The van der Waals surface area contributed by atoms with Gasteiger partial charge in [0.05, 0.1) is 5.39 Å². The molecule has 2 aromatic rings. The van der Waals surface area contributed by atoms with Crippen molar-refractivity contribution in [2.45, 2.75) is 57.0 Å². The van der Waals surface area contributed by atoms with Crippen LogP contribution in [-0.2, 0) is 12.8 Å². The van der Waals surface area contributed by atoms with Crippen LogP contribution in [0, 0.1) is 0 Å². The lowest BCUT2D eigenvalue weighted by molar-refractivity contribution is 0.221. The van der Waals surface area contributed by atoms with Crippen molar-refractivity contribution in [3.63, 3.8) is 0 Å². The molecule has 5 nitrogen and oxygen atoms in total. The van der Waals surface area contributed by atoms with Crippen LogP contribution in [0.2, 0.25) is 0 Å². The lowest BCUT2D eigenvalue weighted by Crippen LogP contribution is -2.36. The molecule has 2 aliphatic rings. The predicted octanol–water partition coefficient (Wildman–Crippen LogP) is 2.73. The van der Waals surface area contributed by atoms with E-state index in [4.69, 9.17) is 0 Å². The maximum atomic E-state index is 4.55. The third-order valence-corrected chi connectivity index (χ3v) is 5.40. The maximum Gasteiger partial charge on any atom is 0.143 e. The van der Waals surface area contributed by atoms with Gasteiger partial charge in [-0.3, -0.25) is 0 Å². The van der Waals surface area contributed by atoms with Gasteiger partial charge in [0.1, 0.15) is 17.8 Å². The number of anilines is 1. The SMILES string of the molecule is CN(C)C1CCC(Nc2ncnc3[nH]c4c(c23)CCC4)CC1. The summed E-state index contributed by atoms with van der Waals surface area (Å²) in [6.07, 6.45) is 10.2. The molecule has 2 aromatic heterocycles. The minimum absolute atomic E-state index is 0.543. The molecule has 5 heteroatoms. The molecule has 2 aliphatic carbocycles. The van der Waals surface area contributed by atoms with Crippen LogP contribution in [0.25, 0.3) is 11.0 Å². The summed E-state index contributed by atoms with van der Waals surface area (Å²) in [5, 5.41) is 4.95. The van der Waals surface area contributed by atoms with E-state index in [9.17, 15) is 0 Å². The number of aryl methyl sites for hydroxylation is 2. The van der Waals surface area contributed by atoms with E-state index in [2.05, 4.69) is 39.3 Å². The van der Waals surface area contributed by atoms with Crippen LogP contribution in [0.5, 0.6) is 0 Å². The van der Waals surface area contributed by atoms with Crippen LogP contribution >= 0.6 is 0 Å². The molecule has 0 radical (unpaired) electrons. The third kappa shape index (κ3) is 2.37. The number of hydrogen-bond acceptors (Lipinski definition) is 4. The number of H-pyrrole nitrogens is 1. The fourth-order valence-corrected chi connectivity index (χ4v) is 4.11. The van der Waals surface area contributed by atoms with Gasteiger partial charge in [-0.05, 0) is 64.6 Å². The quantitative estimate of drug-likeness (QED) is 0.915. The largest absolute Gasteiger partial charge is 0.367 e. The molecular formula is C17H25N5. The van der Waals surface area contributed by atoms with Gasteiger partial charge in [0.25, 0.3) is 0 Å². The Morgan fingerprint density at radius 3 is 2.73 bits per heavy atom. The molecule has 0 spiro atoms. The Bertz CT molecular complexity index is 667. The molecule has 2 N–H and O–H groups in total. The average Bonchev–Trinajstić information content (AvgIpc) is 3.08. The summed E-state index contributed by atoms with van der Waals surface area (Å²) < 4.78 is 0. The van der Waals surface area contributed by atoms with E-state index in [1.165, 1.54) is 48.7 Å². The summed E-state index contributed by atoms with van der Waals surface area (Å²) in [7, 11) is 4.38. The Morgan fingerprint density at radius 2 is 1.95 bits per heavy atom. The fraction of sp³-hybridized carbons (Fsp3) is 0.647. The Kier molecular flexibility index (Phi) is 3.53. The second-order valence-electron chi connectivity index (χ2n) is 6.99. The van der Waals surface area contributed by atoms with E-state index in [0.29, 0.717) is 6.04 Å². The van der Waals surface area contributed by atoms with Crippen LogP contribution < -0.4 is 5.32 Å². The van der Waals surface area contributed by atoms with E-state index < -0.39 is 0 Å². The molecule has 0 atom stereocenters. The van der Waals surface area contributed by atoms with Crippen molar-refractivity contribution in [2.75, 3.05) is 19.4 Å². The molecule has 1 saturated carbocycles. The van der Waals surface area contributed by atoms with E-state index in [1.807, 2.05) is 0 Å². The Balaban J connectivity index is 1.55. The van der Waals surface area contributed by atoms with Gasteiger partial charge in [-0.25, -0.2) is 9.97 Å². The molecular weight excluding hydrogens is 274 g/mol. The number of nitrogens with zero attached hydrogens (tertiary/aromatic N) is 3. The van der Waals surface area contributed by atoms with E-state index in [-0.39, 0.29) is 0 Å². The van der Waals surface area contributed by atoms with E-state index >= 15 is 0 Å². The van der Waals surface area contributed by atoms with E-state index in [1.54, 1.807) is 6.33 Å². The molecule has 0 unspecified atom stereocenters. The van der Waals surface area contributed by atoms with Gasteiger partial charge in [-0.15, -0.1) is 0 Å². The van der Waals surface area contributed by atoms with Crippen molar-refractivity contribution in [1.82, 2.24) is 19.9 Å². The topological polar surface area (TPSA) is 56.8 Å². The summed E-state index contributed by atoms with van der Waals surface area (Å²) in [6, 6.07) is 1.28. The second kappa shape index (κ2) is 5.54. The van der Waals surface area contributed by atoms with Gasteiger partial charge in [-0.2, -0.15) is 0 Å². The van der Waals surface area contributed by atoms with Crippen molar-refractivity contribution in [2.24, 2.45) is 0 Å². The number of aromatic nitrogens is 3. The molecule has 0 saturated heterocycles. The highest BCUT2D eigenvalue weighted by molar-refractivity contribution is 5.92. The Labute approximate surface area is 131 Å². The molecule has 118 valence electrons. The number of fused-ring (bicyclic) bond motifs is 3. The zero-order valence-corrected chi connectivity index (χ0v) is 13.5. The first-order valence-electron chi connectivity index (χ1n) is 8.50. The number of nitrogens with one attached hydrogen (secondary N) is 2. The van der Waals surface area contributed by atoms with Crippen molar-refractivity contribution in [3.8, 4) is 0 Å². The summed E-state index contributed by atoms with van der Waals surface area (Å²) >= 11 is 0. The molecule has 0 aromatic carbocycles. The first-order chi connectivity index (χ1) is 10.7. The van der Waals surface area contributed by atoms with Gasteiger partial charge >= 0.3 is 0 Å². The number of hydrogen-bond donors (Lipinski definition) is 2. The molecule has 2 heterocycles. The zero-order chi connectivity index (χ0) is 15.1. The monoisotopic (exact) mass is 299 g/mol. The molecule has 4 rings (SSSR count). The average molecular weight is 299 g/mol. The van der Waals surface area contributed by atoms with Gasteiger partial charge in [-0.1, -0.05) is 0 Å². The number of rotatable bonds is 3. The third-order valence-electron chi connectivity index (χ3n) is 5.40. The van der Waals surface area contributed by atoms with Crippen LogP contribution in [0.4, 0.5) is 5.82 Å². The molecule has 1 fully saturated rings. The van der Waals surface area contributed by atoms with Gasteiger partial charge in [0.2, 0.25) is 0 Å². The molecule has 0 aliphatic heterocycles. The first kappa shape index (κ1) is 14.0. The normalized spacial score (nSPS) is 24.9. The standard InChI is InChI=1S/C17H25N5/c1-22(2)12-8-6-11(7-9-12)20-16-15-13-4-3-5-14(13)21-17(15)19-10-18-16/h10-12H,3-9H2,1-2H3,(H2,18,19,20,21). The van der Waals surface area contributed by atoms with Crippen LogP contribution in [-0.4, -0.2) is 46.0 Å². The minimum Gasteiger partial charge on any atom is -0.367 e. The highest BCUT2D eigenvalue weighted by Gasteiger charge is 2.25. The zero-order valence-electron chi connectivity index (χ0n) is 13.5. The maximum absolute atomic E-state index is 4.55. The molecule has 0 amide bonds. The second-order valence-corrected chi connectivity index (χ2v) is 6.99. The number of aromatic amines is 1. The Hall–Kier alpha value is -1.62. The lowest BCUT2D eigenvalue weighted by atomic mass is 9.90. The van der Waals surface area contributed by atoms with Crippen LogP contribution in [0.1, 0.15) is 43.4 Å². The van der Waals surface area contributed by atoms with Crippen molar-refractivity contribution in [1.29, 1.82) is 0 Å². The van der Waals surface area contributed by atoms with Gasteiger partial charge in [0.15, 0.2) is 0 Å². The fourth-order valence-electron chi connectivity index (χ4n) is 4.11. The Morgan fingerprint density at radius 1 is 1.14 bits per heavy atom. The summed E-state index contributed by atoms with van der Waals surface area (Å²) in [5.41, 5.74) is 3.82. The molecule has 22 heavy (non-hydrogen) atoms. The van der Waals surface area contributed by atoms with E-state index in [0.717, 1.165) is 30.3 Å². The molecule has 0 bridgehead atoms. The highest BCUT2D eigenvalue weighted by Crippen LogP contribution is 2.34. The van der Waals surface area contributed by atoms with Crippen molar-refractivity contribution >= 4 is 16.9 Å². The first-order valence-corrected chi connectivity index (χ1v) is 8.50. The van der Waals surface area contributed by atoms with Gasteiger partial charge < -0.3 is 15.2 Å². The summed E-state index contributed by atoms with van der Waals surface area (Å²) in [4.78, 5) is 14.8. The minimum atomic E-state index is 0.543. The van der Waals surface area contributed by atoms with Crippen molar-refractivity contribution in [3.05, 3.63) is 17.6 Å². The van der Waals surface area contributed by atoms with Gasteiger partial charge in [0, 0.05) is 17.8 Å². The van der Waals surface area contributed by atoms with Crippen molar-refractivity contribution < 1.29 is 0 Å².